The highest BCUT2D eigenvalue weighted by Gasteiger charge is 1.84. The van der Waals surface area contributed by atoms with Gasteiger partial charge in [0.2, 0.25) is 0 Å². The molecule has 0 amide bonds. The van der Waals surface area contributed by atoms with Gasteiger partial charge in [-0.25, -0.2) is 0 Å². The summed E-state index contributed by atoms with van der Waals surface area (Å²) in [5.41, 5.74) is 0. The maximum Gasteiger partial charge on any atom is 0.129 e. The lowest BCUT2D eigenvalue weighted by Gasteiger charge is -1.80. The minimum Gasteiger partial charge on any atom is -0.300 e. The molecule has 1 rings (SSSR count). The molecule has 0 spiro atoms. The van der Waals surface area contributed by atoms with Crippen LogP contribution in [-0.2, 0) is 11.2 Å². The fourth-order valence-corrected chi connectivity index (χ4v) is 1.52. The van der Waals surface area contributed by atoms with E-state index >= 15 is 0 Å². The van der Waals surface area contributed by atoms with Crippen molar-refractivity contribution in [3.05, 3.63) is 22.4 Å². The number of Topliss-reactive ketones (excluding diaryl/α,β-unsaturated/α-hetero) is 1. The van der Waals surface area contributed by atoms with E-state index in [4.69, 9.17) is 0 Å². The van der Waals surface area contributed by atoms with E-state index in [2.05, 4.69) is 24.4 Å². The van der Waals surface area contributed by atoms with Crippen molar-refractivity contribution >= 4 is 17.1 Å². The molecule has 1 heterocycles. The van der Waals surface area contributed by atoms with Crippen molar-refractivity contribution in [2.24, 2.45) is 0 Å². The molecule has 0 aliphatic carbocycles. The highest BCUT2D eigenvalue weighted by Crippen LogP contribution is 2.07. The first-order chi connectivity index (χ1) is 6.20. The zero-order chi connectivity index (χ0) is 10.1. The highest BCUT2D eigenvalue weighted by atomic mass is 32.1. The van der Waals surface area contributed by atoms with E-state index in [-0.39, 0.29) is 5.78 Å². The minimum absolute atomic E-state index is 0.289. The van der Waals surface area contributed by atoms with Crippen LogP contribution in [0.4, 0.5) is 0 Å². The number of aryl methyl sites for hydroxylation is 1. The van der Waals surface area contributed by atoms with Crippen molar-refractivity contribution in [1.29, 1.82) is 0 Å². The molecule has 74 valence electrons. The van der Waals surface area contributed by atoms with Crippen molar-refractivity contribution in [1.82, 2.24) is 0 Å². The number of thiophene rings is 1. The molecule has 0 fully saturated rings. The number of carbonyl (C=O) groups excluding carboxylic acids is 1. The molecule has 0 saturated carbocycles. The second kappa shape index (κ2) is 7.99. The molecule has 0 aliphatic heterocycles. The summed E-state index contributed by atoms with van der Waals surface area (Å²) >= 11 is 1.82. The van der Waals surface area contributed by atoms with E-state index < -0.39 is 0 Å². The second-order valence-electron chi connectivity index (χ2n) is 2.88. The maximum absolute atomic E-state index is 10.0. The Morgan fingerprint density at radius 2 is 2.15 bits per heavy atom. The monoisotopic (exact) mass is 198 g/mol. The number of ketones is 1. The number of hydrogen-bond acceptors (Lipinski definition) is 2. The Hall–Kier alpha value is -0.630. The van der Waals surface area contributed by atoms with Crippen LogP contribution in [0.15, 0.2) is 17.5 Å². The van der Waals surface area contributed by atoms with Crippen molar-refractivity contribution in [3.8, 4) is 0 Å². The maximum atomic E-state index is 10.0. The Morgan fingerprint density at radius 3 is 2.31 bits per heavy atom. The van der Waals surface area contributed by atoms with Gasteiger partial charge in [-0.2, -0.15) is 0 Å². The molecule has 0 aliphatic rings. The van der Waals surface area contributed by atoms with Crippen molar-refractivity contribution < 1.29 is 4.79 Å². The lowest BCUT2D eigenvalue weighted by Crippen LogP contribution is -1.84. The van der Waals surface area contributed by atoms with Crippen LogP contribution in [0, 0.1) is 0 Å². The first-order valence-electron chi connectivity index (χ1n) is 4.72. The fourth-order valence-electron chi connectivity index (χ4n) is 0.866. The predicted molar refractivity (Wildman–Crippen MR) is 59.3 cm³/mol. The van der Waals surface area contributed by atoms with Gasteiger partial charge in [0.25, 0.3) is 0 Å². The molecule has 0 N–H and O–H groups in total. The third-order valence-corrected chi connectivity index (χ3v) is 2.55. The summed E-state index contributed by atoms with van der Waals surface area (Å²) in [5.74, 6) is 0.289. The summed E-state index contributed by atoms with van der Waals surface area (Å²) in [7, 11) is 0. The molecule has 0 unspecified atom stereocenters. The van der Waals surface area contributed by atoms with Crippen LogP contribution in [-0.4, -0.2) is 5.78 Å². The van der Waals surface area contributed by atoms with E-state index in [0.717, 1.165) is 12.8 Å². The summed E-state index contributed by atoms with van der Waals surface area (Å²) in [5, 5.41) is 2.11. The molecule has 0 bridgehead atoms. The zero-order valence-electron chi connectivity index (χ0n) is 8.67. The third-order valence-electron chi connectivity index (χ3n) is 1.53. The van der Waals surface area contributed by atoms with Crippen LogP contribution < -0.4 is 0 Å². The molecular formula is C11H18OS. The Morgan fingerprint density at radius 1 is 1.46 bits per heavy atom. The smallest absolute Gasteiger partial charge is 0.129 e. The Kier molecular flexibility index (Phi) is 7.60. The van der Waals surface area contributed by atoms with Crippen LogP contribution in [0.3, 0.4) is 0 Å². The standard InChI is InChI=1S/C6H8S.C5H10O/c1-2-6-4-3-5-7-6;1-3-4-5(2)6/h3-5H,2H2,1H3;3-4H2,1-2H3. The van der Waals surface area contributed by atoms with Gasteiger partial charge in [-0.3, -0.25) is 0 Å². The predicted octanol–water partition coefficient (Wildman–Crippen LogP) is 3.69. The summed E-state index contributed by atoms with van der Waals surface area (Å²) in [6.07, 6.45) is 2.90. The first kappa shape index (κ1) is 12.4. The van der Waals surface area contributed by atoms with Crippen LogP contribution >= 0.6 is 11.3 Å². The van der Waals surface area contributed by atoms with E-state index in [1.807, 2.05) is 18.3 Å². The quantitative estimate of drug-likeness (QED) is 0.724. The van der Waals surface area contributed by atoms with Gasteiger partial charge < -0.3 is 4.79 Å². The molecular weight excluding hydrogens is 180 g/mol. The van der Waals surface area contributed by atoms with E-state index in [9.17, 15) is 4.79 Å². The normalized spacial score (nSPS) is 8.85. The van der Waals surface area contributed by atoms with Gasteiger partial charge in [-0.15, -0.1) is 11.3 Å². The number of carbonyl (C=O) groups is 1. The lowest BCUT2D eigenvalue weighted by molar-refractivity contribution is -0.117. The SMILES string of the molecule is CCCC(C)=O.CCc1cccs1. The van der Waals surface area contributed by atoms with Crippen LogP contribution in [0.5, 0.6) is 0 Å². The molecule has 0 atom stereocenters. The average Bonchev–Trinajstić information content (AvgIpc) is 2.56. The zero-order valence-corrected chi connectivity index (χ0v) is 9.49. The lowest BCUT2D eigenvalue weighted by atomic mass is 10.3. The molecule has 2 heteroatoms. The van der Waals surface area contributed by atoms with Crippen LogP contribution in [0.2, 0.25) is 0 Å². The second-order valence-corrected chi connectivity index (χ2v) is 3.92. The largest absolute Gasteiger partial charge is 0.300 e. The van der Waals surface area contributed by atoms with E-state index in [0.29, 0.717) is 0 Å². The van der Waals surface area contributed by atoms with E-state index in [1.54, 1.807) is 6.92 Å². The van der Waals surface area contributed by atoms with Crippen LogP contribution in [0.25, 0.3) is 0 Å². The van der Waals surface area contributed by atoms with Gasteiger partial charge in [0.05, 0.1) is 0 Å². The fraction of sp³-hybridized carbons (Fsp3) is 0.545. The summed E-state index contributed by atoms with van der Waals surface area (Å²) < 4.78 is 0. The molecule has 0 radical (unpaired) electrons. The highest BCUT2D eigenvalue weighted by molar-refractivity contribution is 7.09. The van der Waals surface area contributed by atoms with Gasteiger partial charge in [-0.1, -0.05) is 19.9 Å². The summed E-state index contributed by atoms with van der Waals surface area (Å²) in [6, 6.07) is 4.24. The first-order valence-corrected chi connectivity index (χ1v) is 5.60. The van der Waals surface area contributed by atoms with Crippen molar-refractivity contribution in [2.45, 2.75) is 40.0 Å². The molecule has 1 aromatic rings. The van der Waals surface area contributed by atoms with Gasteiger partial charge in [0.15, 0.2) is 0 Å². The molecule has 1 nitrogen and oxygen atoms in total. The third kappa shape index (κ3) is 7.72. The molecule has 0 aromatic carbocycles. The Bertz CT molecular complexity index is 214. The summed E-state index contributed by atoms with van der Waals surface area (Å²) in [6.45, 7) is 5.79. The number of hydrogen-bond donors (Lipinski definition) is 0. The Balaban J connectivity index is 0.000000226. The van der Waals surface area contributed by atoms with Gasteiger partial charge >= 0.3 is 0 Å². The molecule has 1 aromatic heterocycles. The minimum atomic E-state index is 0.289. The number of rotatable bonds is 3. The molecule has 13 heavy (non-hydrogen) atoms. The average molecular weight is 198 g/mol. The van der Waals surface area contributed by atoms with Crippen LogP contribution in [0.1, 0.15) is 38.5 Å². The molecule has 0 saturated heterocycles. The summed E-state index contributed by atoms with van der Waals surface area (Å²) in [4.78, 5) is 11.5. The topological polar surface area (TPSA) is 17.1 Å². The van der Waals surface area contributed by atoms with E-state index in [1.165, 1.54) is 11.3 Å². The van der Waals surface area contributed by atoms with Gasteiger partial charge in [0.1, 0.15) is 5.78 Å². The van der Waals surface area contributed by atoms with Crippen molar-refractivity contribution in [2.75, 3.05) is 0 Å². The van der Waals surface area contributed by atoms with Gasteiger partial charge in [-0.05, 0) is 31.2 Å². The van der Waals surface area contributed by atoms with Gasteiger partial charge in [0, 0.05) is 11.3 Å². The van der Waals surface area contributed by atoms with Crippen molar-refractivity contribution in [3.63, 3.8) is 0 Å². The Labute approximate surface area is 84.8 Å².